The van der Waals surface area contributed by atoms with Crippen molar-refractivity contribution in [3.05, 3.63) is 63.7 Å². The van der Waals surface area contributed by atoms with E-state index in [1.807, 2.05) is 6.07 Å². The number of carbonyl (C=O) groups excluding carboxylic acids is 1. The molecular weight excluding hydrogens is 405 g/mol. The zero-order valence-corrected chi connectivity index (χ0v) is 16.5. The molecule has 0 saturated carbocycles. The van der Waals surface area contributed by atoms with Gasteiger partial charge < -0.3 is 9.47 Å². The van der Waals surface area contributed by atoms with Crippen molar-refractivity contribution in [2.45, 2.75) is 13.5 Å². The van der Waals surface area contributed by atoms with Gasteiger partial charge in [0.15, 0.2) is 11.5 Å². The number of pyridine rings is 1. The number of esters is 1. The normalized spacial score (nSPS) is 11.4. The summed E-state index contributed by atoms with van der Waals surface area (Å²) < 4.78 is 11.9. The van der Waals surface area contributed by atoms with Crippen LogP contribution < -0.4 is 4.74 Å². The Kier molecular flexibility index (Phi) is 6.23. The standard InChI is InChI=1S/C18H15Cl2N5O3/c1-11-22-23-24-25(11)16(9-12-4-3-5-13(8-12)27-2)18(26)28-10-15-14(19)6-7-17(20)21-15/h3-9H,10H2,1-2H3/b16-9-. The van der Waals surface area contributed by atoms with Gasteiger partial charge in [0.05, 0.1) is 17.8 Å². The SMILES string of the molecule is COc1cccc(/C=C(/C(=O)OCc2nc(Cl)ccc2Cl)n2nnnc2C)c1. The third-order valence-corrected chi connectivity index (χ3v) is 4.24. The Bertz CT molecular complexity index is 1040. The van der Waals surface area contributed by atoms with Crippen LogP contribution in [0.25, 0.3) is 11.8 Å². The molecule has 2 aromatic heterocycles. The molecule has 0 bridgehead atoms. The number of benzene rings is 1. The van der Waals surface area contributed by atoms with Gasteiger partial charge in [-0.05, 0) is 53.3 Å². The number of aromatic nitrogens is 5. The summed E-state index contributed by atoms with van der Waals surface area (Å²) in [6, 6.07) is 10.3. The molecule has 3 aromatic rings. The summed E-state index contributed by atoms with van der Waals surface area (Å²) in [6.45, 7) is 1.51. The number of carbonyl (C=O) groups is 1. The summed E-state index contributed by atoms with van der Waals surface area (Å²) in [6.07, 6.45) is 1.60. The fourth-order valence-electron chi connectivity index (χ4n) is 2.32. The number of rotatable bonds is 6. The zero-order chi connectivity index (χ0) is 20.1. The van der Waals surface area contributed by atoms with Crippen molar-refractivity contribution in [3.63, 3.8) is 0 Å². The largest absolute Gasteiger partial charge is 0.497 e. The van der Waals surface area contributed by atoms with Crippen LogP contribution >= 0.6 is 23.2 Å². The van der Waals surface area contributed by atoms with Gasteiger partial charge >= 0.3 is 5.97 Å². The molecule has 0 amide bonds. The number of halogens is 2. The van der Waals surface area contributed by atoms with E-state index >= 15 is 0 Å². The second-order valence-electron chi connectivity index (χ2n) is 5.58. The Morgan fingerprint density at radius 3 is 2.79 bits per heavy atom. The lowest BCUT2D eigenvalue weighted by atomic mass is 10.2. The summed E-state index contributed by atoms with van der Waals surface area (Å²) in [7, 11) is 1.56. The lowest BCUT2D eigenvalue weighted by molar-refractivity contribution is -0.138. The number of tetrazole rings is 1. The molecular formula is C18H15Cl2N5O3. The maximum Gasteiger partial charge on any atom is 0.357 e. The molecule has 0 unspecified atom stereocenters. The summed E-state index contributed by atoms with van der Waals surface area (Å²) in [5.74, 6) is 0.408. The monoisotopic (exact) mass is 419 g/mol. The Hall–Kier alpha value is -2.97. The third kappa shape index (κ3) is 4.65. The van der Waals surface area contributed by atoms with E-state index in [1.54, 1.807) is 50.4 Å². The fraction of sp³-hybridized carbons (Fsp3) is 0.167. The third-order valence-electron chi connectivity index (χ3n) is 3.68. The molecule has 1 aromatic carbocycles. The van der Waals surface area contributed by atoms with E-state index in [4.69, 9.17) is 32.7 Å². The lowest BCUT2D eigenvalue weighted by Gasteiger charge is -2.10. The minimum Gasteiger partial charge on any atom is -0.497 e. The van der Waals surface area contributed by atoms with Gasteiger partial charge in [-0.15, -0.1) is 5.10 Å². The Morgan fingerprint density at radius 1 is 1.25 bits per heavy atom. The van der Waals surface area contributed by atoms with Crippen LogP contribution in [0, 0.1) is 6.92 Å². The lowest BCUT2D eigenvalue weighted by Crippen LogP contribution is -2.15. The van der Waals surface area contributed by atoms with Crippen molar-refractivity contribution >= 4 is 40.9 Å². The first-order valence-electron chi connectivity index (χ1n) is 8.07. The van der Waals surface area contributed by atoms with Crippen LogP contribution in [0.15, 0.2) is 36.4 Å². The van der Waals surface area contributed by atoms with Crippen LogP contribution in [-0.4, -0.2) is 38.3 Å². The average molecular weight is 420 g/mol. The van der Waals surface area contributed by atoms with Crippen molar-refractivity contribution in [1.82, 2.24) is 25.2 Å². The van der Waals surface area contributed by atoms with E-state index in [-0.39, 0.29) is 17.5 Å². The first-order chi connectivity index (χ1) is 13.5. The van der Waals surface area contributed by atoms with Crippen molar-refractivity contribution in [2.75, 3.05) is 7.11 Å². The quantitative estimate of drug-likeness (QED) is 0.343. The van der Waals surface area contributed by atoms with Gasteiger partial charge in [0.25, 0.3) is 0 Å². The van der Waals surface area contributed by atoms with Crippen molar-refractivity contribution in [1.29, 1.82) is 0 Å². The molecule has 28 heavy (non-hydrogen) atoms. The van der Waals surface area contributed by atoms with Crippen LogP contribution in [0.4, 0.5) is 0 Å². The molecule has 10 heteroatoms. The van der Waals surface area contributed by atoms with Crippen LogP contribution in [-0.2, 0) is 16.1 Å². The number of methoxy groups -OCH3 is 1. The van der Waals surface area contributed by atoms with Crippen molar-refractivity contribution in [2.24, 2.45) is 0 Å². The van der Waals surface area contributed by atoms with Crippen LogP contribution in [0.3, 0.4) is 0 Å². The Labute approximate surface area is 170 Å². The van der Waals surface area contributed by atoms with Gasteiger partial charge in [0.2, 0.25) is 0 Å². The maximum absolute atomic E-state index is 12.8. The minimum absolute atomic E-state index is 0.119. The van der Waals surface area contributed by atoms with E-state index in [1.165, 1.54) is 4.68 Å². The molecule has 0 fully saturated rings. The molecule has 0 aliphatic carbocycles. The first-order valence-corrected chi connectivity index (χ1v) is 8.82. The van der Waals surface area contributed by atoms with Gasteiger partial charge in [-0.1, -0.05) is 35.3 Å². The molecule has 8 nitrogen and oxygen atoms in total. The van der Waals surface area contributed by atoms with Crippen LogP contribution in [0.5, 0.6) is 5.75 Å². The van der Waals surface area contributed by atoms with Gasteiger partial charge in [-0.3, -0.25) is 0 Å². The topological polar surface area (TPSA) is 92.0 Å². The minimum atomic E-state index is -0.656. The van der Waals surface area contributed by atoms with E-state index < -0.39 is 5.97 Å². The molecule has 3 rings (SSSR count). The number of ether oxygens (including phenoxy) is 2. The highest BCUT2D eigenvalue weighted by molar-refractivity contribution is 6.32. The summed E-state index contributed by atoms with van der Waals surface area (Å²) in [4.78, 5) is 16.8. The van der Waals surface area contributed by atoms with Gasteiger partial charge in [-0.2, -0.15) is 4.68 Å². The van der Waals surface area contributed by atoms with E-state index in [2.05, 4.69) is 20.5 Å². The smallest absolute Gasteiger partial charge is 0.357 e. The zero-order valence-electron chi connectivity index (χ0n) is 15.0. The highest BCUT2D eigenvalue weighted by Crippen LogP contribution is 2.21. The summed E-state index contributed by atoms with van der Waals surface area (Å²) >= 11 is 11.9. The second kappa shape index (κ2) is 8.81. The number of aryl methyl sites for hydroxylation is 1. The predicted molar refractivity (Wildman–Crippen MR) is 104 cm³/mol. The molecule has 0 aliphatic rings. The Balaban J connectivity index is 1.90. The molecule has 0 spiro atoms. The van der Waals surface area contributed by atoms with E-state index in [0.717, 1.165) is 0 Å². The maximum atomic E-state index is 12.8. The van der Waals surface area contributed by atoms with Gasteiger partial charge in [0.1, 0.15) is 17.5 Å². The van der Waals surface area contributed by atoms with Gasteiger partial charge in [0, 0.05) is 0 Å². The van der Waals surface area contributed by atoms with Gasteiger partial charge in [-0.25, -0.2) is 9.78 Å². The van der Waals surface area contributed by atoms with E-state index in [9.17, 15) is 4.79 Å². The van der Waals surface area contributed by atoms with E-state index in [0.29, 0.717) is 27.9 Å². The average Bonchev–Trinajstić information content (AvgIpc) is 3.12. The molecule has 0 N–H and O–H groups in total. The van der Waals surface area contributed by atoms with Crippen LogP contribution in [0.1, 0.15) is 17.1 Å². The number of nitrogens with zero attached hydrogens (tertiary/aromatic N) is 5. The molecule has 0 radical (unpaired) electrons. The van der Waals surface area contributed by atoms with Crippen molar-refractivity contribution in [3.8, 4) is 5.75 Å². The predicted octanol–water partition coefficient (Wildman–Crippen LogP) is 3.43. The molecule has 144 valence electrons. The Morgan fingerprint density at radius 2 is 2.07 bits per heavy atom. The summed E-state index contributed by atoms with van der Waals surface area (Å²) in [5.41, 5.74) is 1.17. The fourth-order valence-corrected chi connectivity index (χ4v) is 2.64. The molecule has 0 saturated heterocycles. The highest BCUT2D eigenvalue weighted by atomic mass is 35.5. The van der Waals surface area contributed by atoms with Crippen molar-refractivity contribution < 1.29 is 14.3 Å². The first kappa shape index (κ1) is 19.8. The number of hydrogen-bond acceptors (Lipinski definition) is 7. The summed E-state index contributed by atoms with van der Waals surface area (Å²) in [5, 5.41) is 11.8. The molecule has 0 atom stereocenters. The molecule has 2 heterocycles. The number of hydrogen-bond donors (Lipinski definition) is 0. The second-order valence-corrected chi connectivity index (χ2v) is 6.38. The highest BCUT2D eigenvalue weighted by Gasteiger charge is 2.19. The molecule has 0 aliphatic heterocycles. The van der Waals surface area contributed by atoms with Crippen LogP contribution in [0.2, 0.25) is 10.2 Å².